The van der Waals surface area contributed by atoms with Crippen LogP contribution < -0.4 is 5.32 Å². The maximum absolute atomic E-state index is 12.3. The minimum absolute atomic E-state index is 0.105. The van der Waals surface area contributed by atoms with E-state index in [2.05, 4.69) is 11.2 Å². The van der Waals surface area contributed by atoms with Gasteiger partial charge in [0, 0.05) is 6.54 Å². The van der Waals surface area contributed by atoms with Gasteiger partial charge in [0.15, 0.2) is 0 Å². The summed E-state index contributed by atoms with van der Waals surface area (Å²) >= 11 is 0. The van der Waals surface area contributed by atoms with Gasteiger partial charge in [0.25, 0.3) is 0 Å². The van der Waals surface area contributed by atoms with Crippen LogP contribution in [0.3, 0.4) is 0 Å². The lowest BCUT2D eigenvalue weighted by Gasteiger charge is -2.26. The Morgan fingerprint density at radius 3 is 2.85 bits per heavy atom. The summed E-state index contributed by atoms with van der Waals surface area (Å²) in [5.41, 5.74) is 0. The minimum atomic E-state index is -0.901. The molecule has 0 spiro atoms. The molecule has 0 radical (unpaired) electrons. The lowest BCUT2D eigenvalue weighted by Crippen LogP contribution is -2.50. The summed E-state index contributed by atoms with van der Waals surface area (Å²) < 4.78 is 0. The maximum atomic E-state index is 12.3. The second-order valence-electron chi connectivity index (χ2n) is 5.75. The number of nitrogens with one attached hydrogen (secondary N) is 1. The second kappa shape index (κ2) is 6.17. The van der Waals surface area contributed by atoms with Crippen molar-refractivity contribution >= 4 is 12.0 Å². The molecule has 2 aliphatic rings. The summed E-state index contributed by atoms with van der Waals surface area (Å²) in [6.45, 7) is 2.54. The zero-order chi connectivity index (χ0) is 14.7. The molecule has 2 rings (SSSR count). The van der Waals surface area contributed by atoms with Gasteiger partial charge < -0.3 is 15.3 Å². The van der Waals surface area contributed by atoms with Crippen LogP contribution in [0.25, 0.3) is 0 Å². The standard InChI is InChI=1S/C15H22N2O3/c1-3-6-11(4-2)16-15(20)17-9-10-7-5-8-12(10)13(17)14(18)19/h2,10-13H,3,5-9H2,1H3,(H,16,20)(H,18,19). The van der Waals surface area contributed by atoms with Crippen LogP contribution in [0.1, 0.15) is 39.0 Å². The Labute approximate surface area is 119 Å². The predicted octanol–water partition coefficient (Wildman–Crippen LogP) is 1.68. The van der Waals surface area contributed by atoms with Crippen molar-refractivity contribution in [2.75, 3.05) is 6.54 Å². The Hall–Kier alpha value is -1.70. The van der Waals surface area contributed by atoms with Gasteiger partial charge in [-0.25, -0.2) is 9.59 Å². The number of rotatable bonds is 4. The largest absolute Gasteiger partial charge is 0.480 e. The number of fused-ring (bicyclic) bond motifs is 1. The summed E-state index contributed by atoms with van der Waals surface area (Å²) in [5, 5.41) is 12.2. The molecule has 2 amide bonds. The highest BCUT2D eigenvalue weighted by atomic mass is 16.4. The SMILES string of the molecule is C#CC(CCC)NC(=O)N1CC2CCCC2C1C(=O)O. The highest BCUT2D eigenvalue weighted by Crippen LogP contribution is 2.42. The number of carboxylic acid groups (broad SMARTS) is 1. The molecule has 20 heavy (non-hydrogen) atoms. The third-order valence-electron chi connectivity index (χ3n) is 4.48. The molecule has 0 bridgehead atoms. The number of terminal acetylenes is 1. The van der Waals surface area contributed by atoms with Crippen molar-refractivity contribution in [3.05, 3.63) is 0 Å². The van der Waals surface area contributed by atoms with Crippen molar-refractivity contribution in [1.29, 1.82) is 0 Å². The van der Waals surface area contributed by atoms with Crippen LogP contribution in [-0.4, -0.2) is 40.6 Å². The summed E-state index contributed by atoms with van der Waals surface area (Å²) in [7, 11) is 0. The van der Waals surface area contributed by atoms with Crippen molar-refractivity contribution in [1.82, 2.24) is 10.2 Å². The van der Waals surface area contributed by atoms with Crippen LogP contribution in [0.15, 0.2) is 0 Å². The number of carboxylic acids is 1. The fraction of sp³-hybridized carbons (Fsp3) is 0.733. The van der Waals surface area contributed by atoms with Gasteiger partial charge in [-0.3, -0.25) is 0 Å². The molecule has 2 N–H and O–H groups in total. The Morgan fingerprint density at radius 2 is 2.25 bits per heavy atom. The van der Waals surface area contributed by atoms with Gasteiger partial charge in [-0.2, -0.15) is 0 Å². The molecule has 1 saturated carbocycles. The van der Waals surface area contributed by atoms with Crippen molar-refractivity contribution in [3.8, 4) is 12.3 Å². The molecule has 4 unspecified atom stereocenters. The van der Waals surface area contributed by atoms with E-state index in [9.17, 15) is 14.7 Å². The molecular weight excluding hydrogens is 256 g/mol. The predicted molar refractivity (Wildman–Crippen MR) is 75.0 cm³/mol. The first-order chi connectivity index (χ1) is 9.58. The van der Waals surface area contributed by atoms with E-state index in [1.807, 2.05) is 6.92 Å². The van der Waals surface area contributed by atoms with Crippen LogP contribution >= 0.6 is 0 Å². The van der Waals surface area contributed by atoms with Crippen LogP contribution in [0, 0.1) is 24.2 Å². The van der Waals surface area contributed by atoms with Gasteiger partial charge in [-0.1, -0.05) is 25.7 Å². The average molecular weight is 278 g/mol. The smallest absolute Gasteiger partial charge is 0.326 e. The summed E-state index contributed by atoms with van der Waals surface area (Å²) in [4.78, 5) is 25.2. The second-order valence-corrected chi connectivity index (χ2v) is 5.75. The zero-order valence-corrected chi connectivity index (χ0v) is 11.8. The number of aliphatic carboxylic acids is 1. The number of hydrogen-bond donors (Lipinski definition) is 2. The number of amides is 2. The van der Waals surface area contributed by atoms with E-state index in [0.29, 0.717) is 18.9 Å². The fourth-order valence-electron chi connectivity index (χ4n) is 3.55. The monoisotopic (exact) mass is 278 g/mol. The van der Waals surface area contributed by atoms with Crippen LogP contribution in [0.4, 0.5) is 4.79 Å². The van der Waals surface area contributed by atoms with Crippen LogP contribution in [0.5, 0.6) is 0 Å². The molecule has 0 aromatic rings. The van der Waals surface area contributed by atoms with Crippen molar-refractivity contribution in [3.63, 3.8) is 0 Å². The summed E-state index contributed by atoms with van der Waals surface area (Å²) in [6.07, 6.45) is 9.97. The van der Waals surface area contributed by atoms with E-state index < -0.39 is 12.0 Å². The van der Waals surface area contributed by atoms with Crippen LogP contribution in [0.2, 0.25) is 0 Å². The number of hydrogen-bond acceptors (Lipinski definition) is 2. The van der Waals surface area contributed by atoms with Crippen molar-refractivity contribution in [2.45, 2.75) is 51.1 Å². The van der Waals surface area contributed by atoms with Crippen molar-refractivity contribution < 1.29 is 14.7 Å². The molecular formula is C15H22N2O3. The minimum Gasteiger partial charge on any atom is -0.480 e. The van der Waals surface area contributed by atoms with E-state index in [4.69, 9.17) is 6.42 Å². The molecule has 1 heterocycles. The first kappa shape index (κ1) is 14.7. The van der Waals surface area contributed by atoms with E-state index >= 15 is 0 Å². The van der Waals surface area contributed by atoms with Gasteiger partial charge in [0.1, 0.15) is 6.04 Å². The molecule has 1 aliphatic heterocycles. The molecule has 1 aliphatic carbocycles. The third kappa shape index (κ3) is 2.74. The van der Waals surface area contributed by atoms with E-state index in [0.717, 1.165) is 25.7 Å². The lowest BCUT2D eigenvalue weighted by atomic mass is 9.94. The van der Waals surface area contributed by atoms with Gasteiger partial charge in [0.05, 0.1) is 6.04 Å². The van der Waals surface area contributed by atoms with E-state index in [-0.39, 0.29) is 18.0 Å². The molecule has 0 aromatic carbocycles. The number of carbonyl (C=O) groups excluding carboxylic acids is 1. The summed E-state index contributed by atoms with van der Waals surface area (Å²) in [6, 6.07) is -1.34. The van der Waals surface area contributed by atoms with E-state index in [1.54, 1.807) is 0 Å². The third-order valence-corrected chi connectivity index (χ3v) is 4.48. The molecule has 4 atom stereocenters. The normalized spacial score (nSPS) is 29.6. The lowest BCUT2D eigenvalue weighted by molar-refractivity contribution is -0.142. The number of nitrogens with zero attached hydrogens (tertiary/aromatic N) is 1. The Morgan fingerprint density at radius 1 is 1.50 bits per heavy atom. The highest BCUT2D eigenvalue weighted by molar-refractivity contribution is 5.84. The Bertz CT molecular complexity index is 429. The maximum Gasteiger partial charge on any atom is 0.326 e. The molecule has 1 saturated heterocycles. The first-order valence-corrected chi connectivity index (χ1v) is 7.34. The summed E-state index contributed by atoms with van der Waals surface area (Å²) in [5.74, 6) is 2.08. The molecule has 5 nitrogen and oxygen atoms in total. The molecule has 2 fully saturated rings. The van der Waals surface area contributed by atoms with Gasteiger partial charge in [-0.15, -0.1) is 6.42 Å². The fourth-order valence-corrected chi connectivity index (χ4v) is 3.55. The average Bonchev–Trinajstić information content (AvgIpc) is 2.97. The van der Waals surface area contributed by atoms with Gasteiger partial charge >= 0.3 is 12.0 Å². The van der Waals surface area contributed by atoms with Crippen molar-refractivity contribution in [2.24, 2.45) is 11.8 Å². The van der Waals surface area contributed by atoms with E-state index in [1.165, 1.54) is 4.90 Å². The van der Waals surface area contributed by atoms with Crippen LogP contribution in [-0.2, 0) is 4.79 Å². The molecule has 0 aromatic heterocycles. The number of urea groups is 1. The van der Waals surface area contributed by atoms with Gasteiger partial charge in [0.2, 0.25) is 0 Å². The molecule has 110 valence electrons. The Kier molecular flexibility index (Phi) is 4.53. The molecule has 5 heteroatoms. The number of likely N-dealkylation sites (tertiary alicyclic amines) is 1. The first-order valence-electron chi connectivity index (χ1n) is 7.34. The zero-order valence-electron chi connectivity index (χ0n) is 11.8. The van der Waals surface area contributed by atoms with Gasteiger partial charge in [-0.05, 0) is 31.1 Å². The quantitative estimate of drug-likeness (QED) is 0.769. The topological polar surface area (TPSA) is 69.6 Å². The Balaban J connectivity index is 2.05. The highest BCUT2D eigenvalue weighted by Gasteiger charge is 2.49. The number of carbonyl (C=O) groups is 2.